The summed E-state index contributed by atoms with van der Waals surface area (Å²) in [6.07, 6.45) is 1.99. The van der Waals surface area contributed by atoms with Gasteiger partial charge in [-0.1, -0.05) is 12.1 Å². The van der Waals surface area contributed by atoms with Gasteiger partial charge in [-0.15, -0.1) is 6.58 Å². The molecule has 0 spiro atoms. The molecule has 2 aliphatic heterocycles. The Kier molecular flexibility index (Phi) is 3.35. The highest BCUT2D eigenvalue weighted by Crippen LogP contribution is 2.27. The van der Waals surface area contributed by atoms with Crippen molar-refractivity contribution in [1.29, 1.82) is 0 Å². The lowest BCUT2D eigenvalue weighted by molar-refractivity contribution is 0.317. The molecule has 0 radical (unpaired) electrons. The van der Waals surface area contributed by atoms with E-state index < -0.39 is 0 Å². The van der Waals surface area contributed by atoms with Crippen LogP contribution in [0.25, 0.3) is 0 Å². The molecule has 1 saturated heterocycles. The van der Waals surface area contributed by atoms with Gasteiger partial charge in [0.25, 0.3) is 0 Å². The van der Waals surface area contributed by atoms with Crippen molar-refractivity contribution < 1.29 is 0 Å². The first-order chi connectivity index (χ1) is 8.86. The largest absolute Gasteiger partial charge is 0.369 e. The summed E-state index contributed by atoms with van der Waals surface area (Å²) in [7, 11) is 0. The second kappa shape index (κ2) is 5.12. The first kappa shape index (κ1) is 11.8. The number of benzene rings is 1. The Balaban J connectivity index is 1.76. The Morgan fingerprint density at radius 1 is 1.17 bits per heavy atom. The third kappa shape index (κ3) is 2.28. The maximum atomic E-state index is 3.82. The van der Waals surface area contributed by atoms with Crippen molar-refractivity contribution in [2.45, 2.75) is 13.1 Å². The van der Waals surface area contributed by atoms with E-state index in [1.54, 1.807) is 0 Å². The lowest BCUT2D eigenvalue weighted by Gasteiger charge is -2.29. The Morgan fingerprint density at radius 3 is 2.72 bits per heavy atom. The number of hydrogen-bond acceptors (Lipinski definition) is 3. The van der Waals surface area contributed by atoms with Crippen molar-refractivity contribution in [3.63, 3.8) is 0 Å². The molecule has 3 nitrogen and oxygen atoms in total. The summed E-state index contributed by atoms with van der Waals surface area (Å²) >= 11 is 0. The Bertz CT molecular complexity index is 435. The van der Waals surface area contributed by atoms with Crippen LogP contribution in [0.4, 0.5) is 5.69 Å². The summed E-state index contributed by atoms with van der Waals surface area (Å²) < 4.78 is 0. The van der Waals surface area contributed by atoms with E-state index in [0.717, 1.165) is 45.8 Å². The average molecular weight is 243 g/mol. The van der Waals surface area contributed by atoms with Gasteiger partial charge in [0.15, 0.2) is 0 Å². The zero-order valence-corrected chi connectivity index (χ0v) is 10.9. The van der Waals surface area contributed by atoms with Crippen LogP contribution < -0.4 is 10.2 Å². The van der Waals surface area contributed by atoms with Gasteiger partial charge < -0.3 is 10.2 Å². The normalized spacial score (nSPS) is 19.9. The van der Waals surface area contributed by atoms with E-state index in [1.807, 2.05) is 6.08 Å². The number of rotatable bonds is 3. The average Bonchev–Trinajstić information content (AvgIpc) is 2.81. The van der Waals surface area contributed by atoms with E-state index in [0.29, 0.717) is 0 Å². The highest BCUT2D eigenvalue weighted by atomic mass is 15.2. The predicted molar refractivity (Wildman–Crippen MR) is 75.8 cm³/mol. The highest BCUT2D eigenvalue weighted by Gasteiger charge is 2.19. The first-order valence-corrected chi connectivity index (χ1v) is 6.77. The Morgan fingerprint density at radius 2 is 1.94 bits per heavy atom. The van der Waals surface area contributed by atoms with Gasteiger partial charge in [-0.3, -0.25) is 4.90 Å². The van der Waals surface area contributed by atoms with Crippen molar-refractivity contribution in [3.8, 4) is 0 Å². The number of nitrogens with one attached hydrogen (secondary N) is 1. The van der Waals surface area contributed by atoms with Crippen molar-refractivity contribution >= 4 is 5.69 Å². The van der Waals surface area contributed by atoms with Gasteiger partial charge in [-0.05, 0) is 23.3 Å². The summed E-state index contributed by atoms with van der Waals surface area (Å²) in [5.41, 5.74) is 4.36. The molecule has 0 atom stereocenters. The molecule has 0 unspecified atom stereocenters. The quantitative estimate of drug-likeness (QED) is 0.814. The zero-order valence-electron chi connectivity index (χ0n) is 10.9. The van der Waals surface area contributed by atoms with Crippen LogP contribution in [-0.4, -0.2) is 37.6 Å². The second-order valence-electron chi connectivity index (χ2n) is 5.15. The Labute approximate surface area is 109 Å². The summed E-state index contributed by atoms with van der Waals surface area (Å²) in [5, 5.41) is 3.40. The van der Waals surface area contributed by atoms with Crippen LogP contribution in [0.2, 0.25) is 0 Å². The van der Waals surface area contributed by atoms with Crippen molar-refractivity contribution in [3.05, 3.63) is 42.0 Å². The van der Waals surface area contributed by atoms with Gasteiger partial charge in [-0.2, -0.15) is 0 Å². The topological polar surface area (TPSA) is 18.5 Å². The van der Waals surface area contributed by atoms with Gasteiger partial charge in [0.05, 0.1) is 0 Å². The van der Waals surface area contributed by atoms with Gasteiger partial charge in [-0.25, -0.2) is 0 Å². The molecule has 18 heavy (non-hydrogen) atoms. The van der Waals surface area contributed by atoms with Crippen LogP contribution in [0.5, 0.6) is 0 Å². The lowest BCUT2D eigenvalue weighted by Crippen LogP contribution is -2.43. The molecule has 1 aromatic carbocycles. The molecule has 1 fully saturated rings. The third-order valence-electron chi connectivity index (χ3n) is 3.85. The standard InChI is InChI=1S/C15H21N3/c1-2-7-17-11-13-3-4-15(10-14(13)12-17)18-8-5-16-6-9-18/h2-4,10,16H,1,5-9,11-12H2. The molecule has 2 aliphatic rings. The highest BCUT2D eigenvalue weighted by molar-refractivity contribution is 5.52. The molecule has 0 amide bonds. The van der Waals surface area contributed by atoms with Crippen LogP contribution in [0.3, 0.4) is 0 Å². The molecule has 0 aliphatic carbocycles. The van der Waals surface area contributed by atoms with E-state index in [-0.39, 0.29) is 0 Å². The summed E-state index contributed by atoms with van der Waals surface area (Å²) in [6, 6.07) is 6.96. The summed E-state index contributed by atoms with van der Waals surface area (Å²) in [4.78, 5) is 4.91. The van der Waals surface area contributed by atoms with Gasteiger partial charge in [0, 0.05) is 51.5 Å². The van der Waals surface area contributed by atoms with Gasteiger partial charge >= 0.3 is 0 Å². The van der Waals surface area contributed by atoms with Crippen molar-refractivity contribution in [1.82, 2.24) is 10.2 Å². The molecule has 1 N–H and O–H groups in total. The molecule has 0 aromatic heterocycles. The maximum Gasteiger partial charge on any atom is 0.0370 e. The number of hydrogen-bond donors (Lipinski definition) is 1. The zero-order chi connectivity index (χ0) is 12.4. The minimum Gasteiger partial charge on any atom is -0.369 e. The van der Waals surface area contributed by atoms with Crippen molar-refractivity contribution in [2.75, 3.05) is 37.6 Å². The van der Waals surface area contributed by atoms with Crippen LogP contribution >= 0.6 is 0 Å². The van der Waals surface area contributed by atoms with Crippen molar-refractivity contribution in [2.24, 2.45) is 0 Å². The molecule has 3 heteroatoms. The van der Waals surface area contributed by atoms with Gasteiger partial charge in [0.1, 0.15) is 0 Å². The molecule has 0 saturated carbocycles. The van der Waals surface area contributed by atoms with Gasteiger partial charge in [0.2, 0.25) is 0 Å². The molecule has 0 bridgehead atoms. The molecule has 2 heterocycles. The molecular formula is C15H21N3. The monoisotopic (exact) mass is 243 g/mol. The van der Waals surface area contributed by atoms with E-state index in [1.165, 1.54) is 16.8 Å². The second-order valence-corrected chi connectivity index (χ2v) is 5.15. The van der Waals surface area contributed by atoms with E-state index >= 15 is 0 Å². The van der Waals surface area contributed by atoms with E-state index in [2.05, 4.69) is 39.9 Å². The lowest BCUT2D eigenvalue weighted by atomic mass is 10.1. The fourth-order valence-electron chi connectivity index (χ4n) is 2.88. The molecule has 3 rings (SSSR count). The predicted octanol–water partition coefficient (Wildman–Crippen LogP) is 1.60. The fourth-order valence-corrected chi connectivity index (χ4v) is 2.88. The van der Waals surface area contributed by atoms with E-state index in [9.17, 15) is 0 Å². The number of nitrogens with zero attached hydrogens (tertiary/aromatic N) is 2. The summed E-state index contributed by atoms with van der Waals surface area (Å²) in [6.45, 7) is 11.4. The number of fused-ring (bicyclic) bond motifs is 1. The number of piperazine rings is 1. The number of anilines is 1. The first-order valence-electron chi connectivity index (χ1n) is 6.77. The van der Waals surface area contributed by atoms with Crippen LogP contribution in [-0.2, 0) is 13.1 Å². The van der Waals surface area contributed by atoms with E-state index in [4.69, 9.17) is 0 Å². The molecule has 1 aromatic rings. The van der Waals surface area contributed by atoms with Crippen LogP contribution in [0, 0.1) is 0 Å². The Hall–Kier alpha value is -1.32. The third-order valence-corrected chi connectivity index (χ3v) is 3.85. The minimum absolute atomic E-state index is 0.984. The maximum absolute atomic E-state index is 3.82. The van der Waals surface area contributed by atoms with Crippen LogP contribution in [0.1, 0.15) is 11.1 Å². The molecule has 96 valence electrons. The minimum atomic E-state index is 0.984. The fraction of sp³-hybridized carbons (Fsp3) is 0.467. The molecular weight excluding hydrogens is 222 g/mol. The SMILES string of the molecule is C=CCN1Cc2ccc(N3CCNCC3)cc2C1. The summed E-state index contributed by atoms with van der Waals surface area (Å²) in [5.74, 6) is 0. The van der Waals surface area contributed by atoms with Crippen LogP contribution in [0.15, 0.2) is 30.9 Å². The smallest absolute Gasteiger partial charge is 0.0370 e.